The summed E-state index contributed by atoms with van der Waals surface area (Å²) in [7, 11) is 0. The smallest absolute Gasteiger partial charge is 0.252 e. The van der Waals surface area contributed by atoms with Crippen molar-refractivity contribution in [2.75, 3.05) is 18.1 Å². The van der Waals surface area contributed by atoms with Gasteiger partial charge in [0.05, 0.1) is 10.6 Å². The van der Waals surface area contributed by atoms with Crippen LogP contribution in [0.2, 0.25) is 5.02 Å². The van der Waals surface area contributed by atoms with Crippen LogP contribution in [0.5, 0.6) is 0 Å². The SMILES string of the molecule is O=C(NCC1CCSC1)c1cc(S)ccc1Cl. The zero-order valence-electron chi connectivity index (χ0n) is 9.28. The molecule has 0 aliphatic carbocycles. The van der Waals surface area contributed by atoms with Gasteiger partial charge in [0.1, 0.15) is 0 Å². The lowest BCUT2D eigenvalue weighted by Gasteiger charge is -2.11. The minimum absolute atomic E-state index is 0.109. The van der Waals surface area contributed by atoms with Crippen molar-refractivity contribution < 1.29 is 4.79 Å². The molecule has 1 atom stereocenters. The third-order valence-corrected chi connectivity index (χ3v) is 4.61. The standard InChI is InChI=1S/C12H14ClNOS2/c13-11-2-1-9(16)5-10(11)12(15)14-6-8-3-4-17-7-8/h1-2,5,8,16H,3-4,6-7H2,(H,14,15). The van der Waals surface area contributed by atoms with Crippen LogP contribution in [-0.2, 0) is 0 Å². The van der Waals surface area contributed by atoms with Crippen LogP contribution in [0.4, 0.5) is 0 Å². The number of thiol groups is 1. The van der Waals surface area contributed by atoms with Crippen LogP contribution in [0.1, 0.15) is 16.8 Å². The molecular weight excluding hydrogens is 274 g/mol. The molecule has 1 aliphatic rings. The quantitative estimate of drug-likeness (QED) is 0.837. The van der Waals surface area contributed by atoms with Gasteiger partial charge in [-0.2, -0.15) is 11.8 Å². The van der Waals surface area contributed by atoms with Gasteiger partial charge in [-0.1, -0.05) is 11.6 Å². The molecule has 1 aromatic rings. The van der Waals surface area contributed by atoms with Crippen molar-refractivity contribution in [3.8, 4) is 0 Å². The average molecular weight is 288 g/mol. The lowest BCUT2D eigenvalue weighted by Crippen LogP contribution is -2.29. The van der Waals surface area contributed by atoms with Crippen molar-refractivity contribution in [2.45, 2.75) is 11.3 Å². The molecule has 1 N–H and O–H groups in total. The molecule has 5 heteroatoms. The zero-order chi connectivity index (χ0) is 12.3. The van der Waals surface area contributed by atoms with Gasteiger partial charge in [0.25, 0.3) is 5.91 Å². The number of carbonyl (C=O) groups is 1. The molecule has 1 aromatic carbocycles. The molecule has 92 valence electrons. The summed E-state index contributed by atoms with van der Waals surface area (Å²) in [6.07, 6.45) is 1.19. The highest BCUT2D eigenvalue weighted by Crippen LogP contribution is 2.23. The number of carbonyl (C=O) groups excluding carboxylic acids is 1. The van der Waals surface area contributed by atoms with Gasteiger partial charge in [0.2, 0.25) is 0 Å². The fraction of sp³-hybridized carbons (Fsp3) is 0.417. The van der Waals surface area contributed by atoms with Crippen LogP contribution in [0, 0.1) is 5.92 Å². The molecule has 0 bridgehead atoms. The Kier molecular flexibility index (Phi) is 4.65. The highest BCUT2D eigenvalue weighted by molar-refractivity contribution is 7.99. The summed E-state index contributed by atoms with van der Waals surface area (Å²) < 4.78 is 0. The summed E-state index contributed by atoms with van der Waals surface area (Å²) >= 11 is 12.1. The first-order valence-electron chi connectivity index (χ1n) is 5.51. The van der Waals surface area contributed by atoms with Crippen LogP contribution in [0.25, 0.3) is 0 Å². The molecular formula is C12H14ClNOS2. The first-order chi connectivity index (χ1) is 8.16. The fourth-order valence-electron chi connectivity index (χ4n) is 1.76. The molecule has 1 heterocycles. The average Bonchev–Trinajstić information content (AvgIpc) is 2.82. The van der Waals surface area contributed by atoms with E-state index in [-0.39, 0.29) is 5.91 Å². The second-order valence-electron chi connectivity index (χ2n) is 4.10. The van der Waals surface area contributed by atoms with Crippen molar-refractivity contribution in [3.63, 3.8) is 0 Å². The van der Waals surface area contributed by atoms with Gasteiger partial charge in [-0.25, -0.2) is 0 Å². The number of nitrogens with one attached hydrogen (secondary N) is 1. The van der Waals surface area contributed by atoms with E-state index in [2.05, 4.69) is 17.9 Å². The fourth-order valence-corrected chi connectivity index (χ4v) is 3.46. The van der Waals surface area contributed by atoms with Gasteiger partial charge in [-0.3, -0.25) is 4.79 Å². The molecule has 0 spiro atoms. The highest BCUT2D eigenvalue weighted by Gasteiger charge is 2.17. The van der Waals surface area contributed by atoms with Crippen molar-refractivity contribution in [1.29, 1.82) is 0 Å². The summed E-state index contributed by atoms with van der Waals surface area (Å²) in [4.78, 5) is 12.7. The maximum atomic E-state index is 11.9. The maximum Gasteiger partial charge on any atom is 0.252 e. The third-order valence-electron chi connectivity index (χ3n) is 2.77. The summed E-state index contributed by atoms with van der Waals surface area (Å²) in [5.41, 5.74) is 0.504. The number of halogens is 1. The van der Waals surface area contributed by atoms with Gasteiger partial charge in [-0.15, -0.1) is 12.6 Å². The highest BCUT2D eigenvalue weighted by atomic mass is 35.5. The molecule has 1 aliphatic heterocycles. The van der Waals surface area contributed by atoms with E-state index < -0.39 is 0 Å². The second-order valence-corrected chi connectivity index (χ2v) is 6.18. The Labute approximate surface area is 116 Å². The van der Waals surface area contributed by atoms with E-state index in [4.69, 9.17) is 11.6 Å². The molecule has 0 radical (unpaired) electrons. The van der Waals surface area contributed by atoms with Crippen LogP contribution < -0.4 is 5.32 Å². The Morgan fingerprint density at radius 2 is 2.41 bits per heavy atom. The Bertz CT molecular complexity index is 419. The minimum atomic E-state index is -0.109. The molecule has 0 saturated carbocycles. The Balaban J connectivity index is 1.96. The third kappa shape index (κ3) is 3.57. The summed E-state index contributed by atoms with van der Waals surface area (Å²) in [5.74, 6) is 2.83. The van der Waals surface area contributed by atoms with Crippen LogP contribution in [-0.4, -0.2) is 24.0 Å². The Morgan fingerprint density at radius 3 is 3.12 bits per heavy atom. The predicted octanol–water partition coefficient (Wildman–Crippen LogP) is 3.11. The van der Waals surface area contributed by atoms with Crippen LogP contribution in [0.3, 0.4) is 0 Å². The molecule has 1 saturated heterocycles. The lowest BCUT2D eigenvalue weighted by atomic mass is 10.1. The van der Waals surface area contributed by atoms with Gasteiger partial charge in [0.15, 0.2) is 0 Å². The predicted molar refractivity (Wildman–Crippen MR) is 76.5 cm³/mol. The van der Waals surface area contributed by atoms with Crippen LogP contribution in [0.15, 0.2) is 23.1 Å². The first-order valence-corrected chi connectivity index (χ1v) is 7.49. The van der Waals surface area contributed by atoms with Crippen LogP contribution >= 0.6 is 36.0 Å². The van der Waals surface area contributed by atoms with E-state index in [9.17, 15) is 4.79 Å². The van der Waals surface area contributed by atoms with Crippen molar-refractivity contribution in [2.24, 2.45) is 5.92 Å². The van der Waals surface area contributed by atoms with Gasteiger partial charge in [-0.05, 0) is 42.0 Å². The van der Waals surface area contributed by atoms with Gasteiger partial charge >= 0.3 is 0 Å². The number of benzene rings is 1. The van der Waals surface area contributed by atoms with E-state index >= 15 is 0 Å². The van der Waals surface area contributed by atoms with E-state index in [0.29, 0.717) is 16.5 Å². The number of hydrogen-bond acceptors (Lipinski definition) is 3. The number of hydrogen-bond donors (Lipinski definition) is 2. The van der Waals surface area contributed by atoms with E-state index in [1.54, 1.807) is 18.2 Å². The van der Waals surface area contributed by atoms with Crippen molar-refractivity contribution in [1.82, 2.24) is 5.32 Å². The van der Waals surface area contributed by atoms with Crippen molar-refractivity contribution >= 4 is 41.9 Å². The molecule has 1 fully saturated rings. The molecule has 1 amide bonds. The summed E-state index contributed by atoms with van der Waals surface area (Å²) in [5, 5.41) is 3.41. The Morgan fingerprint density at radius 1 is 1.59 bits per heavy atom. The van der Waals surface area contributed by atoms with Gasteiger partial charge in [0, 0.05) is 11.4 Å². The molecule has 2 rings (SSSR count). The maximum absolute atomic E-state index is 11.9. The molecule has 1 unspecified atom stereocenters. The largest absolute Gasteiger partial charge is 0.352 e. The van der Waals surface area contributed by atoms with E-state index in [1.165, 1.54) is 12.2 Å². The topological polar surface area (TPSA) is 29.1 Å². The number of thioether (sulfide) groups is 1. The normalized spacial score (nSPS) is 19.3. The molecule has 0 aromatic heterocycles. The van der Waals surface area contributed by atoms with Crippen molar-refractivity contribution in [3.05, 3.63) is 28.8 Å². The van der Waals surface area contributed by atoms with E-state index in [1.807, 2.05) is 11.8 Å². The Hall–Kier alpha value is -0.320. The zero-order valence-corrected chi connectivity index (χ0v) is 11.7. The minimum Gasteiger partial charge on any atom is -0.352 e. The number of rotatable bonds is 3. The number of amides is 1. The first kappa shape index (κ1) is 13.1. The monoisotopic (exact) mass is 287 g/mol. The second kappa shape index (κ2) is 6.03. The summed E-state index contributed by atoms with van der Waals surface area (Å²) in [6, 6.07) is 5.17. The van der Waals surface area contributed by atoms with Gasteiger partial charge < -0.3 is 5.32 Å². The molecule has 2 nitrogen and oxygen atoms in total. The summed E-state index contributed by atoms with van der Waals surface area (Å²) in [6.45, 7) is 0.735. The van der Waals surface area contributed by atoms with E-state index in [0.717, 1.165) is 17.2 Å². The lowest BCUT2D eigenvalue weighted by molar-refractivity contribution is 0.0948. The molecule has 17 heavy (non-hydrogen) atoms.